The van der Waals surface area contributed by atoms with Gasteiger partial charge in [0.1, 0.15) is 17.3 Å². The number of Topliss-reactive ketones (excluding diaryl/α,β-unsaturated/α-hetero) is 1. The van der Waals surface area contributed by atoms with E-state index in [0.717, 1.165) is 0 Å². The molecule has 0 aliphatic carbocycles. The van der Waals surface area contributed by atoms with E-state index in [-0.39, 0.29) is 11.3 Å². The largest absolute Gasteiger partial charge is 0.507 e. The highest BCUT2D eigenvalue weighted by Crippen LogP contribution is 2.40. The lowest BCUT2D eigenvalue weighted by atomic mass is 9.95. The number of aliphatic hydroxyl groups excluding tert-OH is 1. The van der Waals surface area contributed by atoms with Crippen LogP contribution in [-0.4, -0.2) is 55.2 Å². The minimum Gasteiger partial charge on any atom is -0.507 e. The molecular formula is C25H29NO6. The third-order valence-electron chi connectivity index (χ3n) is 5.21. The summed E-state index contributed by atoms with van der Waals surface area (Å²) in [5.74, 6) is -0.304. The van der Waals surface area contributed by atoms with Gasteiger partial charge in [0.05, 0.1) is 24.8 Å². The number of nitrogens with zero attached hydrogens (tertiary/aromatic N) is 1. The van der Waals surface area contributed by atoms with E-state index in [2.05, 4.69) is 0 Å². The van der Waals surface area contributed by atoms with Gasteiger partial charge in [-0.25, -0.2) is 0 Å². The fraction of sp³-hybridized carbons (Fsp3) is 0.360. The van der Waals surface area contributed by atoms with Crippen molar-refractivity contribution in [1.29, 1.82) is 0 Å². The highest BCUT2D eigenvalue weighted by molar-refractivity contribution is 6.46. The van der Waals surface area contributed by atoms with Crippen molar-refractivity contribution in [3.05, 3.63) is 65.2 Å². The van der Waals surface area contributed by atoms with Crippen LogP contribution in [0, 0.1) is 0 Å². The summed E-state index contributed by atoms with van der Waals surface area (Å²) < 4.78 is 16.1. The van der Waals surface area contributed by atoms with Crippen molar-refractivity contribution in [2.45, 2.75) is 26.3 Å². The lowest BCUT2D eigenvalue weighted by Crippen LogP contribution is -2.31. The Bertz CT molecular complexity index is 982. The second-order valence-electron chi connectivity index (χ2n) is 7.30. The summed E-state index contributed by atoms with van der Waals surface area (Å²) in [5, 5.41) is 11.1. The van der Waals surface area contributed by atoms with E-state index in [4.69, 9.17) is 14.2 Å². The maximum Gasteiger partial charge on any atom is 0.295 e. The first-order valence-electron chi connectivity index (χ1n) is 10.7. The number of ether oxygens (including phenoxy) is 3. The lowest BCUT2D eigenvalue weighted by molar-refractivity contribution is -0.140. The molecule has 0 bridgehead atoms. The second kappa shape index (κ2) is 10.8. The molecular weight excluding hydrogens is 410 g/mol. The number of likely N-dealkylation sites (tertiary alicyclic amines) is 1. The van der Waals surface area contributed by atoms with Crippen molar-refractivity contribution in [1.82, 2.24) is 4.90 Å². The van der Waals surface area contributed by atoms with E-state index in [0.29, 0.717) is 55.4 Å². The Morgan fingerprint density at radius 2 is 1.69 bits per heavy atom. The van der Waals surface area contributed by atoms with Crippen molar-refractivity contribution in [2.24, 2.45) is 0 Å². The molecule has 1 aliphatic rings. The molecule has 1 N–H and O–H groups in total. The Kier molecular flexibility index (Phi) is 7.89. The Labute approximate surface area is 188 Å². The number of amides is 1. The van der Waals surface area contributed by atoms with Crippen molar-refractivity contribution in [3.63, 3.8) is 0 Å². The number of methoxy groups -OCH3 is 1. The van der Waals surface area contributed by atoms with Crippen molar-refractivity contribution < 1.29 is 28.9 Å². The van der Waals surface area contributed by atoms with E-state index in [1.807, 2.05) is 26.0 Å². The molecule has 0 spiro atoms. The van der Waals surface area contributed by atoms with Crippen LogP contribution in [0.3, 0.4) is 0 Å². The zero-order valence-electron chi connectivity index (χ0n) is 18.7. The SMILES string of the molecule is CCOc1ccc(C2C(=C(O)c3cccc(OCC)c3)C(=O)C(=O)N2CCCOC)cc1. The summed E-state index contributed by atoms with van der Waals surface area (Å²) >= 11 is 0. The molecule has 3 rings (SSSR count). The minimum atomic E-state index is -0.710. The smallest absolute Gasteiger partial charge is 0.295 e. The first-order valence-corrected chi connectivity index (χ1v) is 10.7. The third kappa shape index (κ3) is 4.94. The molecule has 0 saturated carbocycles. The quantitative estimate of drug-likeness (QED) is 0.261. The predicted octanol–water partition coefficient (Wildman–Crippen LogP) is 3.94. The minimum absolute atomic E-state index is 0.0604. The van der Waals surface area contributed by atoms with Gasteiger partial charge in [0.2, 0.25) is 0 Å². The first kappa shape index (κ1) is 23.3. The molecule has 7 nitrogen and oxygen atoms in total. The van der Waals surface area contributed by atoms with Gasteiger partial charge in [0.15, 0.2) is 0 Å². The van der Waals surface area contributed by atoms with Gasteiger partial charge in [-0.1, -0.05) is 24.3 Å². The number of carbonyl (C=O) groups excluding carboxylic acids is 2. The normalized spacial score (nSPS) is 17.6. The van der Waals surface area contributed by atoms with Crippen LogP contribution in [0.4, 0.5) is 0 Å². The van der Waals surface area contributed by atoms with E-state index >= 15 is 0 Å². The van der Waals surface area contributed by atoms with Crippen LogP contribution in [0.15, 0.2) is 54.1 Å². The monoisotopic (exact) mass is 439 g/mol. The number of ketones is 1. The number of rotatable bonds is 10. The van der Waals surface area contributed by atoms with Crippen LogP contribution < -0.4 is 9.47 Å². The number of hydrogen-bond acceptors (Lipinski definition) is 6. The summed E-state index contributed by atoms with van der Waals surface area (Å²) in [6.07, 6.45) is 0.566. The molecule has 7 heteroatoms. The molecule has 32 heavy (non-hydrogen) atoms. The molecule has 1 unspecified atom stereocenters. The Balaban J connectivity index is 2.08. The van der Waals surface area contributed by atoms with E-state index in [9.17, 15) is 14.7 Å². The molecule has 170 valence electrons. The van der Waals surface area contributed by atoms with Crippen LogP contribution in [0.5, 0.6) is 11.5 Å². The molecule has 2 aromatic rings. The topological polar surface area (TPSA) is 85.3 Å². The number of hydrogen-bond donors (Lipinski definition) is 1. The van der Waals surface area contributed by atoms with Crippen molar-refractivity contribution in [3.8, 4) is 11.5 Å². The average Bonchev–Trinajstić information content (AvgIpc) is 3.05. The Hall–Kier alpha value is -3.32. The summed E-state index contributed by atoms with van der Waals surface area (Å²) in [6.45, 7) is 5.55. The van der Waals surface area contributed by atoms with Gasteiger partial charge in [-0.05, 0) is 50.1 Å². The zero-order valence-corrected chi connectivity index (χ0v) is 18.7. The number of aliphatic hydroxyl groups is 1. The van der Waals surface area contributed by atoms with Crippen LogP contribution in [0.2, 0.25) is 0 Å². The van der Waals surface area contributed by atoms with Crippen molar-refractivity contribution in [2.75, 3.05) is 33.5 Å². The molecule has 1 heterocycles. The van der Waals surface area contributed by atoms with Gasteiger partial charge < -0.3 is 24.2 Å². The number of benzene rings is 2. The maximum absolute atomic E-state index is 13.0. The molecule has 1 atom stereocenters. The predicted molar refractivity (Wildman–Crippen MR) is 121 cm³/mol. The van der Waals surface area contributed by atoms with Crippen LogP contribution in [0.25, 0.3) is 5.76 Å². The van der Waals surface area contributed by atoms with Crippen LogP contribution in [0.1, 0.15) is 37.4 Å². The van der Waals surface area contributed by atoms with E-state index < -0.39 is 17.7 Å². The highest BCUT2D eigenvalue weighted by Gasteiger charge is 2.45. The molecule has 0 aromatic heterocycles. The third-order valence-corrected chi connectivity index (χ3v) is 5.21. The Morgan fingerprint density at radius 3 is 2.34 bits per heavy atom. The summed E-state index contributed by atoms with van der Waals surface area (Å²) in [5.41, 5.74) is 1.19. The fourth-order valence-corrected chi connectivity index (χ4v) is 3.80. The highest BCUT2D eigenvalue weighted by atomic mass is 16.5. The van der Waals surface area contributed by atoms with Gasteiger partial charge in [0, 0.05) is 25.8 Å². The molecule has 1 amide bonds. The van der Waals surface area contributed by atoms with E-state index in [1.54, 1.807) is 43.5 Å². The first-order chi connectivity index (χ1) is 15.5. The second-order valence-corrected chi connectivity index (χ2v) is 7.30. The molecule has 1 saturated heterocycles. The fourth-order valence-electron chi connectivity index (χ4n) is 3.80. The van der Waals surface area contributed by atoms with Gasteiger partial charge in [-0.2, -0.15) is 0 Å². The number of carbonyl (C=O) groups is 2. The van der Waals surface area contributed by atoms with Gasteiger partial charge in [-0.15, -0.1) is 0 Å². The lowest BCUT2D eigenvalue weighted by Gasteiger charge is -2.25. The van der Waals surface area contributed by atoms with Crippen molar-refractivity contribution >= 4 is 17.4 Å². The Morgan fingerprint density at radius 1 is 1.00 bits per heavy atom. The van der Waals surface area contributed by atoms with Crippen LogP contribution in [-0.2, 0) is 14.3 Å². The molecule has 1 aliphatic heterocycles. The molecule has 2 aromatic carbocycles. The standard InChI is InChI=1S/C25H29NO6/c1-4-31-19-12-10-17(11-13-19)22-21(24(28)25(29)26(22)14-7-15-30-3)23(27)18-8-6-9-20(16-18)32-5-2/h6,8-13,16,22,27H,4-5,7,14-15H2,1-3H3. The zero-order chi connectivity index (χ0) is 23.1. The molecule has 0 radical (unpaired) electrons. The van der Waals surface area contributed by atoms with Gasteiger partial charge in [-0.3, -0.25) is 9.59 Å². The maximum atomic E-state index is 13.0. The van der Waals surface area contributed by atoms with E-state index in [1.165, 1.54) is 4.90 Å². The summed E-state index contributed by atoms with van der Waals surface area (Å²) in [7, 11) is 1.59. The van der Waals surface area contributed by atoms with Crippen LogP contribution >= 0.6 is 0 Å². The van der Waals surface area contributed by atoms with Gasteiger partial charge in [0.25, 0.3) is 11.7 Å². The summed E-state index contributed by atoms with van der Waals surface area (Å²) in [6, 6.07) is 13.4. The average molecular weight is 440 g/mol. The molecule has 1 fully saturated rings. The summed E-state index contributed by atoms with van der Waals surface area (Å²) in [4.78, 5) is 27.4. The van der Waals surface area contributed by atoms with Gasteiger partial charge >= 0.3 is 0 Å².